The molecule has 0 bridgehead atoms. The Labute approximate surface area is 226 Å². The number of rotatable bonds is 17. The van der Waals surface area contributed by atoms with E-state index < -0.39 is 36.0 Å². The Kier molecular flexibility index (Phi) is 13.0. The lowest BCUT2D eigenvalue weighted by Crippen LogP contribution is -2.48. The molecule has 2 aromatic rings. The van der Waals surface area contributed by atoms with Crippen LogP contribution in [0.25, 0.3) is 0 Å². The molecule has 4 N–H and O–H groups in total. The zero-order valence-electron chi connectivity index (χ0n) is 21.8. The molecular formula is C28H34N2O9. The molecule has 2 amide bonds. The number of carbonyl (C=O) groups is 5. The number of carboxylic acids is 2. The van der Waals surface area contributed by atoms with Crippen LogP contribution >= 0.6 is 0 Å². The summed E-state index contributed by atoms with van der Waals surface area (Å²) >= 11 is 0. The summed E-state index contributed by atoms with van der Waals surface area (Å²) in [6, 6.07) is 14.1. The van der Waals surface area contributed by atoms with Crippen molar-refractivity contribution in [1.29, 1.82) is 0 Å². The first kappa shape index (κ1) is 30.8. The molecule has 0 heterocycles. The van der Waals surface area contributed by atoms with Crippen molar-refractivity contribution in [2.75, 3.05) is 6.54 Å². The second-order valence-corrected chi connectivity index (χ2v) is 8.79. The Morgan fingerprint density at radius 1 is 0.846 bits per heavy atom. The first-order valence-corrected chi connectivity index (χ1v) is 12.7. The SMILES string of the molecule is CCCCCNC(=O)[C@H](Cc1ccc(OC(C(=O)O)C(=O)O)cc1)NC(=O)CCC(=O)OCc1ccccc1. The quantitative estimate of drug-likeness (QED) is 0.133. The minimum absolute atomic E-state index is 0.0205. The fourth-order valence-corrected chi connectivity index (χ4v) is 3.49. The van der Waals surface area contributed by atoms with Gasteiger partial charge < -0.3 is 30.3 Å². The minimum atomic E-state index is -2.06. The zero-order chi connectivity index (χ0) is 28.6. The van der Waals surface area contributed by atoms with Crippen molar-refractivity contribution in [2.24, 2.45) is 0 Å². The van der Waals surface area contributed by atoms with Crippen LogP contribution in [-0.2, 0) is 41.7 Å². The predicted molar refractivity (Wildman–Crippen MR) is 140 cm³/mol. The number of nitrogens with one attached hydrogen (secondary N) is 2. The van der Waals surface area contributed by atoms with Gasteiger partial charge in [0.15, 0.2) is 0 Å². The molecule has 2 rings (SSSR count). The van der Waals surface area contributed by atoms with E-state index in [-0.39, 0.29) is 37.5 Å². The smallest absolute Gasteiger partial charge is 0.356 e. The minimum Gasteiger partial charge on any atom is -0.478 e. The molecule has 0 radical (unpaired) electrons. The number of unbranched alkanes of at least 4 members (excludes halogenated alkanes) is 2. The van der Waals surface area contributed by atoms with E-state index in [1.807, 2.05) is 37.3 Å². The van der Waals surface area contributed by atoms with Gasteiger partial charge in [-0.3, -0.25) is 14.4 Å². The summed E-state index contributed by atoms with van der Waals surface area (Å²) in [5, 5.41) is 23.4. The van der Waals surface area contributed by atoms with Crippen LogP contribution in [-0.4, -0.2) is 58.6 Å². The van der Waals surface area contributed by atoms with Crippen molar-refractivity contribution in [3.05, 3.63) is 65.7 Å². The van der Waals surface area contributed by atoms with Gasteiger partial charge in [-0.2, -0.15) is 0 Å². The number of carbonyl (C=O) groups excluding carboxylic acids is 3. The van der Waals surface area contributed by atoms with Crippen LogP contribution in [0.2, 0.25) is 0 Å². The summed E-state index contributed by atoms with van der Waals surface area (Å²) in [6.45, 7) is 2.59. The van der Waals surface area contributed by atoms with E-state index in [0.29, 0.717) is 12.1 Å². The molecular weight excluding hydrogens is 508 g/mol. The van der Waals surface area contributed by atoms with Gasteiger partial charge in [0.1, 0.15) is 18.4 Å². The number of hydrogen-bond acceptors (Lipinski definition) is 7. The summed E-state index contributed by atoms with van der Waals surface area (Å²) in [5.41, 5.74) is 1.44. The molecule has 2 aromatic carbocycles. The topological polar surface area (TPSA) is 168 Å². The summed E-state index contributed by atoms with van der Waals surface area (Å²) < 4.78 is 10.2. The molecule has 0 saturated heterocycles. The maximum Gasteiger partial charge on any atom is 0.356 e. The van der Waals surface area contributed by atoms with E-state index in [2.05, 4.69) is 10.6 Å². The number of benzene rings is 2. The Morgan fingerprint density at radius 2 is 1.51 bits per heavy atom. The molecule has 39 heavy (non-hydrogen) atoms. The summed E-state index contributed by atoms with van der Waals surface area (Å²) in [7, 11) is 0. The van der Waals surface area contributed by atoms with Crippen LogP contribution < -0.4 is 15.4 Å². The number of amides is 2. The number of carboxylic acid groups (broad SMARTS) is 2. The Balaban J connectivity index is 1.96. The third kappa shape index (κ3) is 11.7. The largest absolute Gasteiger partial charge is 0.478 e. The lowest BCUT2D eigenvalue weighted by atomic mass is 10.0. The summed E-state index contributed by atoms with van der Waals surface area (Å²) in [5.74, 6) is -4.68. The van der Waals surface area contributed by atoms with E-state index in [1.165, 1.54) is 12.1 Å². The van der Waals surface area contributed by atoms with Gasteiger partial charge in [-0.15, -0.1) is 0 Å². The molecule has 1 atom stereocenters. The third-order valence-electron chi connectivity index (χ3n) is 5.60. The molecule has 0 aliphatic heterocycles. The van der Waals surface area contributed by atoms with E-state index in [1.54, 1.807) is 12.1 Å². The van der Waals surface area contributed by atoms with Gasteiger partial charge in [-0.05, 0) is 29.7 Å². The fraction of sp³-hybridized carbons (Fsp3) is 0.393. The monoisotopic (exact) mass is 542 g/mol. The van der Waals surface area contributed by atoms with Crippen LogP contribution in [0.15, 0.2) is 54.6 Å². The van der Waals surface area contributed by atoms with Gasteiger partial charge >= 0.3 is 17.9 Å². The lowest BCUT2D eigenvalue weighted by Gasteiger charge is -2.19. The zero-order valence-corrected chi connectivity index (χ0v) is 21.8. The van der Waals surface area contributed by atoms with Crippen LogP contribution in [0.1, 0.15) is 50.2 Å². The van der Waals surface area contributed by atoms with Gasteiger partial charge in [0.05, 0.1) is 6.42 Å². The molecule has 0 fully saturated rings. The van der Waals surface area contributed by atoms with E-state index >= 15 is 0 Å². The lowest BCUT2D eigenvalue weighted by molar-refractivity contribution is -0.159. The highest BCUT2D eigenvalue weighted by Crippen LogP contribution is 2.16. The van der Waals surface area contributed by atoms with Crippen molar-refractivity contribution in [3.63, 3.8) is 0 Å². The Morgan fingerprint density at radius 3 is 2.13 bits per heavy atom. The third-order valence-corrected chi connectivity index (χ3v) is 5.60. The molecule has 0 unspecified atom stereocenters. The normalized spacial score (nSPS) is 11.3. The van der Waals surface area contributed by atoms with Gasteiger partial charge in [-0.1, -0.05) is 62.2 Å². The number of hydrogen-bond donors (Lipinski definition) is 4. The van der Waals surface area contributed by atoms with Crippen LogP contribution in [0.3, 0.4) is 0 Å². The average molecular weight is 543 g/mol. The number of ether oxygens (including phenoxy) is 2. The van der Waals surface area contributed by atoms with Gasteiger partial charge in [0, 0.05) is 19.4 Å². The van der Waals surface area contributed by atoms with Crippen LogP contribution in [0.4, 0.5) is 0 Å². The molecule has 0 spiro atoms. The average Bonchev–Trinajstić information content (AvgIpc) is 2.92. The maximum atomic E-state index is 12.8. The highest BCUT2D eigenvalue weighted by Gasteiger charge is 2.28. The number of aliphatic carboxylic acids is 2. The van der Waals surface area contributed by atoms with Crippen molar-refractivity contribution < 1.29 is 43.7 Å². The summed E-state index contributed by atoms with van der Waals surface area (Å²) in [4.78, 5) is 59.5. The van der Waals surface area contributed by atoms with E-state index in [0.717, 1.165) is 24.8 Å². The van der Waals surface area contributed by atoms with Crippen LogP contribution in [0, 0.1) is 0 Å². The molecule has 11 nitrogen and oxygen atoms in total. The van der Waals surface area contributed by atoms with Gasteiger partial charge in [0.25, 0.3) is 6.10 Å². The number of esters is 1. The van der Waals surface area contributed by atoms with Crippen molar-refractivity contribution in [1.82, 2.24) is 10.6 Å². The fourth-order valence-electron chi connectivity index (χ4n) is 3.49. The second kappa shape index (κ2) is 16.4. The molecule has 0 aliphatic rings. The highest BCUT2D eigenvalue weighted by molar-refractivity contribution is 5.96. The van der Waals surface area contributed by atoms with Crippen molar-refractivity contribution >= 4 is 29.7 Å². The highest BCUT2D eigenvalue weighted by atomic mass is 16.5. The second-order valence-electron chi connectivity index (χ2n) is 8.79. The molecule has 11 heteroatoms. The standard InChI is InChI=1S/C28H34N2O9/c1-2-3-7-16-29-26(33)22(17-19-10-12-21(13-11-19)39-25(27(34)35)28(36)37)30-23(31)14-15-24(32)38-18-20-8-5-4-6-9-20/h4-6,8-13,22,25H,2-3,7,14-18H2,1H3,(H,29,33)(H,30,31)(H,34,35)(H,36,37)/t22-/m0/s1. The molecule has 0 aliphatic carbocycles. The first-order valence-electron chi connectivity index (χ1n) is 12.7. The summed E-state index contributed by atoms with van der Waals surface area (Å²) in [6.07, 6.45) is 0.445. The first-order chi connectivity index (χ1) is 18.7. The van der Waals surface area contributed by atoms with Gasteiger partial charge in [-0.25, -0.2) is 9.59 Å². The van der Waals surface area contributed by atoms with E-state index in [9.17, 15) is 24.0 Å². The Bertz CT molecular complexity index is 1090. The van der Waals surface area contributed by atoms with Crippen molar-refractivity contribution in [2.45, 2.75) is 64.2 Å². The van der Waals surface area contributed by atoms with Gasteiger partial charge in [0.2, 0.25) is 11.8 Å². The van der Waals surface area contributed by atoms with Crippen LogP contribution in [0.5, 0.6) is 5.75 Å². The molecule has 0 saturated carbocycles. The molecule has 0 aromatic heterocycles. The molecule has 210 valence electrons. The van der Waals surface area contributed by atoms with E-state index in [4.69, 9.17) is 19.7 Å². The maximum absolute atomic E-state index is 12.8. The Hall–Kier alpha value is -4.41. The predicted octanol–water partition coefficient (Wildman–Crippen LogP) is 2.46. The van der Waals surface area contributed by atoms with Crippen molar-refractivity contribution in [3.8, 4) is 5.75 Å².